The Labute approximate surface area is 655 Å². The number of aromatic nitrogens is 12. The number of benzene rings is 6. The highest BCUT2D eigenvalue weighted by Crippen LogP contribution is 2.39. The molecule has 5 saturated heterocycles. The maximum Gasteiger partial charge on any atom is 0.416 e. The minimum absolute atomic E-state index is 0.460. The Morgan fingerprint density at radius 2 is 0.761 bits per heavy atom. The van der Waals surface area contributed by atoms with Crippen LogP contribution < -0.4 is 58.4 Å². The number of halogens is 3. The highest BCUT2D eigenvalue weighted by Gasteiger charge is 2.31. The summed E-state index contributed by atoms with van der Waals surface area (Å²) in [5.74, 6) is 9.62. The van der Waals surface area contributed by atoms with Crippen molar-refractivity contribution in [3.8, 4) is 28.7 Å². The summed E-state index contributed by atoms with van der Waals surface area (Å²) in [4.78, 5) is 70.8. The van der Waals surface area contributed by atoms with Crippen molar-refractivity contribution in [2.75, 3.05) is 176 Å². The Bertz CT molecular complexity index is 5070. The molecule has 5 fully saturated rings. The van der Waals surface area contributed by atoms with Gasteiger partial charge in [-0.15, -0.1) is 0 Å². The van der Waals surface area contributed by atoms with Gasteiger partial charge in [0.15, 0.2) is 23.0 Å². The molecule has 28 heteroatoms. The molecule has 113 heavy (non-hydrogen) atoms. The fraction of sp³-hybridized carbons (Fsp3) is 0.365. The van der Waals surface area contributed by atoms with Crippen LogP contribution in [0.4, 0.5) is 48.5 Å². The Morgan fingerprint density at radius 3 is 1.19 bits per heavy atom. The number of rotatable bonds is 21. The number of nitrogens with one attached hydrogen (secondary N) is 1. The molecule has 0 radical (unpaired) electrons. The number of ether oxygens (including phenoxy) is 5. The first-order chi connectivity index (χ1) is 55.3. The molecule has 17 rings (SSSR count). The zero-order valence-corrected chi connectivity index (χ0v) is 64.1. The van der Waals surface area contributed by atoms with E-state index in [1.165, 1.54) is 36.1 Å². The van der Waals surface area contributed by atoms with Crippen LogP contribution in [0.1, 0.15) is 58.2 Å². The van der Waals surface area contributed by atoms with Crippen molar-refractivity contribution in [1.29, 1.82) is 0 Å². The molecule has 0 amide bonds. The Hall–Kier alpha value is -11.9. The zero-order chi connectivity index (χ0) is 77.5. The lowest BCUT2D eigenvalue weighted by Gasteiger charge is -2.35. The van der Waals surface area contributed by atoms with E-state index in [4.69, 9.17) is 23.7 Å². The number of piperidine rings is 1. The van der Waals surface area contributed by atoms with E-state index in [0.29, 0.717) is 61.1 Å². The van der Waals surface area contributed by atoms with Gasteiger partial charge < -0.3 is 63.3 Å². The molecule has 0 spiro atoms. The molecule has 1 unspecified atom stereocenters. The lowest BCUT2D eigenvalue weighted by molar-refractivity contribution is -0.137. The van der Waals surface area contributed by atoms with Crippen LogP contribution in [-0.4, -0.2) is 211 Å². The lowest BCUT2D eigenvalue weighted by Crippen LogP contribution is -2.47. The number of nitrogens with zero attached hydrogens (tertiary/aromatic N) is 19. The van der Waals surface area contributed by atoms with E-state index in [0.717, 1.165) is 225 Å². The number of anilines is 6. The predicted octanol–water partition coefficient (Wildman–Crippen LogP) is 11.8. The maximum atomic E-state index is 12.8. The average molecular weight is 1530 g/mol. The monoisotopic (exact) mass is 1530 g/mol. The molecule has 1 atom stereocenters. The van der Waals surface area contributed by atoms with Gasteiger partial charge in [-0.2, -0.15) is 13.2 Å². The summed E-state index contributed by atoms with van der Waals surface area (Å²) in [6, 6.07) is 39.9. The minimum Gasteiger partial charge on any atom is -0.493 e. The Morgan fingerprint density at radius 1 is 0.372 bits per heavy atom. The third-order valence-electron chi connectivity index (χ3n) is 21.4. The van der Waals surface area contributed by atoms with E-state index in [1.54, 1.807) is 52.7 Å². The van der Waals surface area contributed by atoms with E-state index in [-0.39, 0.29) is 0 Å². The molecule has 584 valence electrons. The van der Waals surface area contributed by atoms with Gasteiger partial charge in [0.1, 0.15) is 42.2 Å². The second-order valence-corrected chi connectivity index (χ2v) is 29.0. The van der Waals surface area contributed by atoms with Crippen LogP contribution in [0.3, 0.4) is 0 Å². The number of alkyl halides is 3. The van der Waals surface area contributed by atoms with Gasteiger partial charge in [0.25, 0.3) is 0 Å². The predicted molar refractivity (Wildman–Crippen MR) is 433 cm³/mol. The van der Waals surface area contributed by atoms with E-state index in [1.807, 2.05) is 73.3 Å². The van der Waals surface area contributed by atoms with Gasteiger partial charge in [0.05, 0.1) is 56.7 Å². The van der Waals surface area contributed by atoms with Crippen LogP contribution in [0.15, 0.2) is 184 Å². The van der Waals surface area contributed by atoms with Gasteiger partial charge in [0, 0.05) is 176 Å². The van der Waals surface area contributed by atoms with Crippen LogP contribution in [0, 0.1) is 11.8 Å². The van der Waals surface area contributed by atoms with Crippen molar-refractivity contribution in [2.24, 2.45) is 11.8 Å². The molecular weight excluding hydrogens is 1440 g/mol. The quantitative estimate of drug-likeness (QED) is 0.0704. The van der Waals surface area contributed by atoms with Crippen molar-refractivity contribution in [1.82, 2.24) is 70.0 Å². The Balaban J connectivity index is 0.000000134. The molecule has 0 aliphatic carbocycles. The fourth-order valence-corrected chi connectivity index (χ4v) is 14.9. The van der Waals surface area contributed by atoms with Crippen molar-refractivity contribution in [3.63, 3.8) is 0 Å². The van der Waals surface area contributed by atoms with E-state index < -0.39 is 11.7 Å². The summed E-state index contributed by atoms with van der Waals surface area (Å²) in [5, 5.41) is 6.30. The Kier molecular flexibility index (Phi) is 24.4. The number of likely N-dealkylation sites (tertiary alicyclic amines) is 1. The molecule has 11 heterocycles. The minimum atomic E-state index is -4.34. The molecule has 0 bridgehead atoms. The molecule has 6 aromatic carbocycles. The summed E-state index contributed by atoms with van der Waals surface area (Å²) in [7, 11) is 7.05. The molecular formula is C85H93F3N20O5. The first kappa shape index (κ1) is 76.5. The summed E-state index contributed by atoms with van der Waals surface area (Å²) in [6.45, 7) is 15.3. The molecule has 12 aromatic rings. The molecule has 25 nitrogen and oxygen atoms in total. The largest absolute Gasteiger partial charge is 0.493 e. The fourth-order valence-electron chi connectivity index (χ4n) is 14.9. The number of piperazine rings is 3. The van der Waals surface area contributed by atoms with Crippen LogP contribution in [0.25, 0.3) is 32.7 Å². The third kappa shape index (κ3) is 19.2. The second kappa shape index (κ2) is 36.1. The molecule has 6 aromatic heterocycles. The normalized spacial score (nSPS) is 16.4. The van der Waals surface area contributed by atoms with Crippen LogP contribution in [-0.2, 0) is 25.4 Å². The number of fused-ring (bicyclic) bond motifs is 3. The SMILES string of the molecule is CN1CCC(COc2ccc3ncnc(N4CCN(c5ncc(Cc6ccccc6)cn5)CC4)c3c2)CC1.COc1cc2ncnc(N3CCN(c4ncc(Cc5ccc(C(F)(F)F)cc5)cn4)CC3)c2cc1OC.COc1cc2ncnc(N3CCN(c4ncc(Cc5ccccc5)cn4)CC3)c2cc1OCC1CCNC1. The van der Waals surface area contributed by atoms with Crippen molar-refractivity contribution < 1.29 is 36.9 Å². The first-order valence-corrected chi connectivity index (χ1v) is 38.6. The van der Waals surface area contributed by atoms with Gasteiger partial charge in [0.2, 0.25) is 17.8 Å². The zero-order valence-electron chi connectivity index (χ0n) is 64.1. The van der Waals surface area contributed by atoms with Crippen LogP contribution >= 0.6 is 0 Å². The molecule has 5 aliphatic rings. The number of hydrogen-bond acceptors (Lipinski definition) is 25. The number of hydrogen-bond donors (Lipinski definition) is 1. The maximum absolute atomic E-state index is 12.8. The van der Waals surface area contributed by atoms with E-state index >= 15 is 0 Å². The van der Waals surface area contributed by atoms with Crippen molar-refractivity contribution in [3.05, 3.63) is 223 Å². The standard InChI is InChI=1S/C30H35N7O.C29H33N7O2.C26H25F3N6O2/c1-35-11-9-24(10-12-35)21-38-26-7-8-28-27(18-26)29(34-22-33-28)36-13-15-37(16-14-36)30-31-19-25(20-32-30)17-23-5-3-2-4-6-23;1-37-26-15-25-24(14-27(26)38-19-22-7-8-30-16-22)28(34-20-33-25)35-9-11-36(12-10-35)29-31-17-23(18-32-29)13-21-5-3-2-4-6-21;1-36-22-12-20-21(13-23(22)37-2)32-16-33-24(20)34-7-9-35(10-8-34)25-30-14-18(15-31-25)11-17-3-5-19(6-4-17)26(27,28)29/h2-8,18-20,22,24H,9-17,21H2,1H3;2-6,14-15,17-18,20,22,30H,7-13,16,19H2,1H3;3-6,12-16H,7-11H2,1-2H3. The van der Waals surface area contributed by atoms with Crippen LogP contribution in [0.5, 0.6) is 28.7 Å². The third-order valence-corrected chi connectivity index (χ3v) is 21.4. The van der Waals surface area contributed by atoms with Crippen molar-refractivity contribution >= 4 is 68.0 Å². The van der Waals surface area contributed by atoms with Gasteiger partial charge >= 0.3 is 6.18 Å². The summed E-state index contributed by atoms with van der Waals surface area (Å²) >= 11 is 0. The van der Waals surface area contributed by atoms with E-state index in [2.05, 4.69) is 161 Å². The molecule has 0 saturated carbocycles. The average Bonchev–Trinajstić information content (AvgIpc) is 0.807. The van der Waals surface area contributed by atoms with Gasteiger partial charge in [-0.3, -0.25) is 0 Å². The summed E-state index contributed by atoms with van der Waals surface area (Å²) in [6.07, 6.45) is 17.4. The highest BCUT2D eigenvalue weighted by atomic mass is 19.4. The topological polar surface area (TPSA) is 236 Å². The summed E-state index contributed by atoms with van der Waals surface area (Å²) in [5.41, 5.74) is 8.28. The van der Waals surface area contributed by atoms with Crippen LogP contribution in [0.2, 0.25) is 0 Å². The second-order valence-electron chi connectivity index (χ2n) is 29.0. The van der Waals surface area contributed by atoms with E-state index in [9.17, 15) is 13.2 Å². The highest BCUT2D eigenvalue weighted by molar-refractivity contribution is 5.94. The first-order valence-electron chi connectivity index (χ1n) is 38.6. The number of methoxy groups -OCH3 is 3. The van der Waals surface area contributed by atoms with Gasteiger partial charge in [-0.1, -0.05) is 72.8 Å². The lowest BCUT2D eigenvalue weighted by atomic mass is 9.98. The van der Waals surface area contributed by atoms with Gasteiger partial charge in [-0.05, 0) is 128 Å². The smallest absolute Gasteiger partial charge is 0.416 e. The molecule has 5 aliphatic heterocycles. The summed E-state index contributed by atoms with van der Waals surface area (Å²) < 4.78 is 67.2. The van der Waals surface area contributed by atoms with Gasteiger partial charge in [-0.25, -0.2) is 59.8 Å². The molecule has 1 N–H and O–H groups in total. The van der Waals surface area contributed by atoms with Crippen molar-refractivity contribution in [2.45, 2.75) is 44.7 Å².